The standard InChI is InChI=1S/C27H24N6O3/c1-33-14-17(13-28-33)15-6-7-21-22(8-15)32-36-24(21)26(35)29-18-11-27(12-18)9-16(10-27)23-19-4-2-3-5-20(19)25(34)31-30-23/h2-8,13-14,16,18H,9-12H2,1H3,(H,29,35)(H,31,34)/t16-,18-,27?. The maximum atomic E-state index is 13.0. The Hall–Kier alpha value is -4.27. The molecule has 9 heteroatoms. The molecule has 2 fully saturated rings. The minimum absolute atomic E-state index is 0.119. The third-order valence-corrected chi connectivity index (χ3v) is 7.89. The minimum atomic E-state index is -0.226. The van der Waals surface area contributed by atoms with Crippen LogP contribution in [0, 0.1) is 5.41 Å². The van der Waals surface area contributed by atoms with Crippen molar-refractivity contribution in [1.29, 1.82) is 0 Å². The van der Waals surface area contributed by atoms with Crippen molar-refractivity contribution in [2.24, 2.45) is 12.5 Å². The average molecular weight is 481 g/mol. The molecule has 0 atom stereocenters. The number of carbonyl (C=O) groups is 1. The summed E-state index contributed by atoms with van der Waals surface area (Å²) in [5.41, 5.74) is 3.67. The Morgan fingerprint density at radius 1 is 1.08 bits per heavy atom. The fraction of sp³-hybridized carbons (Fsp3) is 0.296. The molecule has 3 heterocycles. The Morgan fingerprint density at radius 3 is 2.67 bits per heavy atom. The summed E-state index contributed by atoms with van der Waals surface area (Å²) < 4.78 is 7.19. The summed E-state index contributed by atoms with van der Waals surface area (Å²) in [6.07, 6.45) is 7.64. The third kappa shape index (κ3) is 3.26. The minimum Gasteiger partial charge on any atom is -0.350 e. The Bertz CT molecular complexity index is 1700. The van der Waals surface area contributed by atoms with Gasteiger partial charge in [0.2, 0.25) is 5.76 Å². The molecule has 1 spiro atoms. The SMILES string of the molecule is Cn1cc(-c2ccc3c(C(=O)N[C@H]4CC5(C4)C[C@H](c4n[nH]c(=O)c6ccccc64)C5)onc3c2)cn1. The molecule has 7 rings (SSSR count). The van der Waals surface area contributed by atoms with Gasteiger partial charge in [-0.05, 0) is 54.9 Å². The summed E-state index contributed by atoms with van der Waals surface area (Å²) in [5.74, 6) is 0.352. The van der Waals surface area contributed by atoms with E-state index in [2.05, 4.69) is 25.8 Å². The number of nitrogens with one attached hydrogen (secondary N) is 2. The predicted molar refractivity (Wildman–Crippen MR) is 133 cm³/mol. The maximum Gasteiger partial charge on any atom is 0.290 e. The third-order valence-electron chi connectivity index (χ3n) is 7.89. The van der Waals surface area contributed by atoms with Gasteiger partial charge in [0, 0.05) is 36.2 Å². The van der Waals surface area contributed by atoms with E-state index in [9.17, 15) is 9.59 Å². The highest BCUT2D eigenvalue weighted by Crippen LogP contribution is 2.62. The number of rotatable bonds is 4. The van der Waals surface area contributed by atoms with Crippen LogP contribution in [0.1, 0.15) is 47.8 Å². The van der Waals surface area contributed by atoms with Crippen LogP contribution in [0.25, 0.3) is 32.8 Å². The van der Waals surface area contributed by atoms with E-state index >= 15 is 0 Å². The highest BCUT2D eigenvalue weighted by molar-refractivity contribution is 6.04. The van der Waals surface area contributed by atoms with Crippen LogP contribution in [0.5, 0.6) is 0 Å². The van der Waals surface area contributed by atoms with E-state index in [1.807, 2.05) is 55.7 Å². The van der Waals surface area contributed by atoms with Crippen molar-refractivity contribution in [1.82, 2.24) is 30.5 Å². The monoisotopic (exact) mass is 480 g/mol. The first-order valence-electron chi connectivity index (χ1n) is 12.1. The molecule has 2 aromatic carbocycles. The lowest BCUT2D eigenvalue weighted by Gasteiger charge is -2.57. The molecule has 0 radical (unpaired) electrons. The van der Waals surface area contributed by atoms with Gasteiger partial charge in [0.25, 0.3) is 11.5 Å². The van der Waals surface area contributed by atoms with Gasteiger partial charge >= 0.3 is 0 Å². The van der Waals surface area contributed by atoms with Gasteiger partial charge in [0.15, 0.2) is 0 Å². The largest absolute Gasteiger partial charge is 0.350 e. The lowest BCUT2D eigenvalue weighted by atomic mass is 9.49. The first kappa shape index (κ1) is 21.0. The highest BCUT2D eigenvalue weighted by Gasteiger charge is 2.54. The van der Waals surface area contributed by atoms with Gasteiger partial charge in [-0.25, -0.2) is 5.10 Å². The number of amides is 1. The van der Waals surface area contributed by atoms with Gasteiger partial charge in [0.1, 0.15) is 5.52 Å². The maximum absolute atomic E-state index is 13.0. The quantitative estimate of drug-likeness (QED) is 0.402. The van der Waals surface area contributed by atoms with Crippen LogP contribution in [-0.4, -0.2) is 37.1 Å². The lowest BCUT2D eigenvalue weighted by molar-refractivity contribution is -0.0199. The Labute approximate surface area is 205 Å². The molecule has 3 aromatic heterocycles. The summed E-state index contributed by atoms with van der Waals surface area (Å²) >= 11 is 0. The zero-order chi connectivity index (χ0) is 24.4. The van der Waals surface area contributed by atoms with Crippen molar-refractivity contribution in [3.63, 3.8) is 0 Å². The second kappa shape index (κ2) is 7.61. The molecule has 0 unspecified atom stereocenters. The van der Waals surface area contributed by atoms with Crippen molar-refractivity contribution in [2.75, 3.05) is 0 Å². The van der Waals surface area contributed by atoms with Gasteiger partial charge in [-0.2, -0.15) is 10.2 Å². The summed E-state index contributed by atoms with van der Waals surface area (Å²) in [6, 6.07) is 13.5. The second-order valence-corrected chi connectivity index (χ2v) is 10.3. The van der Waals surface area contributed by atoms with E-state index in [-0.39, 0.29) is 28.7 Å². The van der Waals surface area contributed by atoms with Crippen LogP contribution in [0.15, 0.2) is 64.2 Å². The zero-order valence-electron chi connectivity index (χ0n) is 19.7. The number of hydrogen-bond donors (Lipinski definition) is 2. The molecule has 0 saturated heterocycles. The molecule has 9 nitrogen and oxygen atoms in total. The molecule has 1 amide bonds. The van der Waals surface area contributed by atoms with Crippen LogP contribution in [0.4, 0.5) is 0 Å². The second-order valence-electron chi connectivity index (χ2n) is 10.3. The first-order valence-corrected chi connectivity index (χ1v) is 12.1. The molecule has 2 aliphatic rings. The number of fused-ring (bicyclic) bond motifs is 2. The van der Waals surface area contributed by atoms with Crippen molar-refractivity contribution < 1.29 is 9.32 Å². The van der Waals surface area contributed by atoms with Crippen LogP contribution >= 0.6 is 0 Å². The van der Waals surface area contributed by atoms with Gasteiger partial charge < -0.3 is 9.84 Å². The number of hydrogen-bond acceptors (Lipinski definition) is 6. The lowest BCUT2D eigenvalue weighted by Crippen LogP contribution is -2.55. The number of H-pyrrole nitrogens is 1. The molecule has 36 heavy (non-hydrogen) atoms. The number of nitrogens with zero attached hydrogens (tertiary/aromatic N) is 4. The molecule has 0 bridgehead atoms. The smallest absolute Gasteiger partial charge is 0.290 e. The average Bonchev–Trinajstić information content (AvgIpc) is 3.46. The van der Waals surface area contributed by atoms with E-state index < -0.39 is 0 Å². The molecule has 180 valence electrons. The van der Waals surface area contributed by atoms with Gasteiger partial charge in [-0.3, -0.25) is 14.3 Å². The van der Waals surface area contributed by atoms with Gasteiger partial charge in [-0.1, -0.05) is 29.4 Å². The molecule has 0 aliphatic heterocycles. The fourth-order valence-corrected chi connectivity index (χ4v) is 6.15. The number of benzene rings is 2. The van der Waals surface area contributed by atoms with Crippen LogP contribution < -0.4 is 10.9 Å². The van der Waals surface area contributed by atoms with Gasteiger partial charge in [-0.15, -0.1) is 0 Å². The van der Waals surface area contributed by atoms with Gasteiger partial charge in [0.05, 0.1) is 22.7 Å². The molecule has 2 N–H and O–H groups in total. The Balaban J connectivity index is 1.01. The van der Waals surface area contributed by atoms with Crippen LogP contribution in [-0.2, 0) is 7.05 Å². The Morgan fingerprint density at radius 2 is 1.89 bits per heavy atom. The Kier molecular flexibility index (Phi) is 4.45. The number of carbonyl (C=O) groups excluding carboxylic acids is 1. The molecule has 2 saturated carbocycles. The first-order chi connectivity index (χ1) is 17.5. The number of aryl methyl sites for hydroxylation is 1. The van der Waals surface area contributed by atoms with Crippen molar-refractivity contribution in [3.05, 3.63) is 76.7 Å². The summed E-state index contributed by atoms with van der Waals surface area (Å²) in [5, 5.41) is 20.8. The van der Waals surface area contributed by atoms with Crippen LogP contribution in [0.2, 0.25) is 0 Å². The summed E-state index contributed by atoms with van der Waals surface area (Å²) in [6.45, 7) is 0. The van der Waals surface area contributed by atoms with Crippen LogP contribution in [0.3, 0.4) is 0 Å². The topological polar surface area (TPSA) is 119 Å². The van der Waals surface area contributed by atoms with E-state index in [1.54, 1.807) is 10.9 Å². The molecule has 5 aromatic rings. The molecule has 2 aliphatic carbocycles. The normalized spacial score (nSPS) is 23.0. The van der Waals surface area contributed by atoms with Crippen molar-refractivity contribution in [2.45, 2.75) is 37.6 Å². The van der Waals surface area contributed by atoms with E-state index in [0.29, 0.717) is 22.2 Å². The highest BCUT2D eigenvalue weighted by atomic mass is 16.5. The van der Waals surface area contributed by atoms with E-state index in [4.69, 9.17) is 4.52 Å². The summed E-state index contributed by atoms with van der Waals surface area (Å²) in [4.78, 5) is 25.0. The molecular formula is C27H24N6O3. The zero-order valence-corrected chi connectivity index (χ0v) is 19.7. The van der Waals surface area contributed by atoms with Crippen molar-refractivity contribution in [3.8, 4) is 11.1 Å². The van der Waals surface area contributed by atoms with E-state index in [1.165, 1.54) is 0 Å². The fourth-order valence-electron chi connectivity index (χ4n) is 6.15. The molecular weight excluding hydrogens is 456 g/mol. The number of aromatic amines is 1. The number of aromatic nitrogens is 5. The predicted octanol–water partition coefficient (Wildman–Crippen LogP) is 3.92. The van der Waals surface area contributed by atoms with E-state index in [0.717, 1.165) is 47.9 Å². The van der Waals surface area contributed by atoms with Crippen molar-refractivity contribution >= 4 is 27.6 Å². The summed E-state index contributed by atoms with van der Waals surface area (Å²) in [7, 11) is 1.87.